The van der Waals surface area contributed by atoms with Crippen LogP contribution in [0.25, 0.3) is 0 Å². The number of hydrazone groups is 1. The van der Waals surface area contributed by atoms with Crippen molar-refractivity contribution in [3.05, 3.63) is 75.0 Å². The van der Waals surface area contributed by atoms with Gasteiger partial charge in [0, 0.05) is 40.6 Å². The first-order valence-corrected chi connectivity index (χ1v) is 10.6. The Bertz CT molecular complexity index is 1180. The Labute approximate surface area is 187 Å². The molecule has 0 bridgehead atoms. The van der Waals surface area contributed by atoms with Crippen LogP contribution in [0.5, 0.6) is 0 Å². The molecule has 8 nitrogen and oxygen atoms in total. The third-order valence-corrected chi connectivity index (χ3v) is 5.38. The highest BCUT2D eigenvalue weighted by molar-refractivity contribution is 9.10. The van der Waals surface area contributed by atoms with Gasteiger partial charge in [0.05, 0.1) is 11.3 Å². The van der Waals surface area contributed by atoms with E-state index in [-0.39, 0.29) is 17.6 Å². The number of carbonyl (C=O) groups is 2. The van der Waals surface area contributed by atoms with Crippen molar-refractivity contribution in [2.45, 2.75) is 33.1 Å². The van der Waals surface area contributed by atoms with Gasteiger partial charge in [-0.05, 0) is 60.3 Å². The predicted molar refractivity (Wildman–Crippen MR) is 119 cm³/mol. The molecule has 0 atom stereocenters. The second-order valence-electron chi connectivity index (χ2n) is 7.27. The van der Waals surface area contributed by atoms with Gasteiger partial charge in [0.15, 0.2) is 5.76 Å². The van der Waals surface area contributed by atoms with Gasteiger partial charge in [-0.25, -0.2) is 10.4 Å². The molecule has 2 N–H and O–H groups in total. The quantitative estimate of drug-likeness (QED) is 0.543. The molecular weight excluding hydrogens is 462 g/mol. The Balaban J connectivity index is 1.56. The molecule has 2 amide bonds. The molecule has 0 radical (unpaired) electrons. The fourth-order valence-electron chi connectivity index (χ4n) is 3.43. The fraction of sp³-hybridized carbons (Fsp3) is 0.227. The maximum atomic E-state index is 12.8. The van der Waals surface area contributed by atoms with E-state index in [1.807, 2.05) is 19.9 Å². The van der Waals surface area contributed by atoms with E-state index in [0.29, 0.717) is 45.7 Å². The second-order valence-corrected chi connectivity index (χ2v) is 8.19. The number of nitrogens with one attached hydrogen (secondary N) is 2. The average molecular weight is 482 g/mol. The molecule has 1 aliphatic rings. The summed E-state index contributed by atoms with van der Waals surface area (Å²) < 4.78 is 6.59. The van der Waals surface area contributed by atoms with Gasteiger partial charge in [-0.1, -0.05) is 6.07 Å². The van der Waals surface area contributed by atoms with Crippen molar-refractivity contribution < 1.29 is 14.0 Å². The van der Waals surface area contributed by atoms with E-state index in [1.54, 1.807) is 24.5 Å². The van der Waals surface area contributed by atoms with Crippen LogP contribution >= 0.6 is 15.9 Å². The number of rotatable bonds is 4. The summed E-state index contributed by atoms with van der Waals surface area (Å²) in [7, 11) is 0. The zero-order valence-electron chi connectivity index (χ0n) is 17.0. The molecule has 0 saturated heterocycles. The van der Waals surface area contributed by atoms with Crippen LogP contribution in [0.2, 0.25) is 0 Å². The molecule has 0 aromatic carbocycles. The average Bonchev–Trinajstić information content (AvgIpc) is 3.11. The maximum Gasteiger partial charge on any atom is 0.292 e. The maximum absolute atomic E-state index is 12.8. The van der Waals surface area contributed by atoms with Crippen LogP contribution in [0.4, 0.5) is 5.82 Å². The van der Waals surface area contributed by atoms with Crippen LogP contribution in [0.15, 0.2) is 50.8 Å². The van der Waals surface area contributed by atoms with Gasteiger partial charge in [0.1, 0.15) is 11.6 Å². The summed E-state index contributed by atoms with van der Waals surface area (Å²) in [6.07, 6.45) is 6.94. The number of aryl methyl sites for hydroxylation is 2. The summed E-state index contributed by atoms with van der Waals surface area (Å²) >= 11 is 3.30. The summed E-state index contributed by atoms with van der Waals surface area (Å²) in [6, 6.07) is 5.28. The Kier molecular flexibility index (Phi) is 5.94. The van der Waals surface area contributed by atoms with Crippen molar-refractivity contribution in [3.8, 4) is 0 Å². The van der Waals surface area contributed by atoms with E-state index in [4.69, 9.17) is 4.42 Å². The molecule has 0 fully saturated rings. The molecule has 0 spiro atoms. The smallest absolute Gasteiger partial charge is 0.292 e. The monoisotopic (exact) mass is 481 g/mol. The summed E-state index contributed by atoms with van der Waals surface area (Å²) in [5, 5.41) is 7.09. The zero-order chi connectivity index (χ0) is 22.0. The number of hydrogen-bond donors (Lipinski definition) is 2. The normalized spacial score (nSPS) is 14.2. The van der Waals surface area contributed by atoms with Crippen LogP contribution in [0, 0.1) is 13.8 Å². The lowest BCUT2D eigenvalue weighted by Gasteiger charge is -2.13. The largest absolute Gasteiger partial charge is 0.455 e. The van der Waals surface area contributed by atoms with Crippen LogP contribution < -0.4 is 10.7 Å². The number of nitrogens with zero attached hydrogens (tertiary/aromatic N) is 3. The van der Waals surface area contributed by atoms with Crippen molar-refractivity contribution in [3.63, 3.8) is 0 Å². The Morgan fingerprint density at radius 2 is 1.97 bits per heavy atom. The number of amides is 2. The first-order chi connectivity index (χ1) is 14.9. The van der Waals surface area contributed by atoms with Gasteiger partial charge in [-0.3, -0.25) is 14.6 Å². The van der Waals surface area contributed by atoms with Crippen molar-refractivity contribution in [2.24, 2.45) is 5.10 Å². The summed E-state index contributed by atoms with van der Waals surface area (Å²) in [4.78, 5) is 33.4. The van der Waals surface area contributed by atoms with Crippen molar-refractivity contribution in [1.82, 2.24) is 15.4 Å². The third-order valence-electron chi connectivity index (χ3n) is 4.94. The number of aromatic nitrogens is 2. The Morgan fingerprint density at radius 1 is 1.13 bits per heavy atom. The van der Waals surface area contributed by atoms with E-state index in [2.05, 4.69) is 41.7 Å². The molecule has 9 heteroatoms. The molecule has 0 saturated carbocycles. The van der Waals surface area contributed by atoms with Crippen LogP contribution in [0.3, 0.4) is 0 Å². The molecule has 3 aromatic rings. The van der Waals surface area contributed by atoms with Crippen LogP contribution in [-0.4, -0.2) is 27.5 Å². The minimum atomic E-state index is -0.369. The van der Waals surface area contributed by atoms with Crippen molar-refractivity contribution in [2.75, 3.05) is 5.32 Å². The lowest BCUT2D eigenvalue weighted by atomic mass is 9.93. The highest BCUT2D eigenvalue weighted by Crippen LogP contribution is 2.30. The van der Waals surface area contributed by atoms with E-state index >= 15 is 0 Å². The molecule has 0 unspecified atom stereocenters. The molecule has 3 heterocycles. The highest BCUT2D eigenvalue weighted by Gasteiger charge is 2.28. The predicted octanol–water partition coefficient (Wildman–Crippen LogP) is 4.17. The van der Waals surface area contributed by atoms with Gasteiger partial charge >= 0.3 is 0 Å². The standard InChI is InChI=1S/C22H20BrN5O3/c1-12-6-7-18(25-9-12)26-22(30)20-13(2)19-16(4-3-5-17(19)31-20)27-28-21(29)14-8-15(23)11-24-10-14/h6-11H,3-5H2,1-2H3,(H,28,29)(H,25,26,30)/b27-16+. The van der Waals surface area contributed by atoms with E-state index in [1.165, 1.54) is 6.20 Å². The summed E-state index contributed by atoms with van der Waals surface area (Å²) in [6.45, 7) is 3.75. The van der Waals surface area contributed by atoms with Crippen LogP contribution in [0.1, 0.15) is 56.2 Å². The molecule has 0 aliphatic heterocycles. The van der Waals surface area contributed by atoms with Gasteiger partial charge < -0.3 is 9.73 Å². The lowest BCUT2D eigenvalue weighted by Crippen LogP contribution is -2.22. The van der Waals surface area contributed by atoms with Crippen LogP contribution in [-0.2, 0) is 6.42 Å². The Morgan fingerprint density at radius 3 is 2.71 bits per heavy atom. The van der Waals surface area contributed by atoms with Gasteiger partial charge in [-0.2, -0.15) is 5.10 Å². The molecular formula is C22H20BrN5O3. The fourth-order valence-corrected chi connectivity index (χ4v) is 3.80. The molecule has 4 rings (SSSR count). The summed E-state index contributed by atoms with van der Waals surface area (Å²) in [5.41, 5.74) is 6.14. The molecule has 31 heavy (non-hydrogen) atoms. The minimum absolute atomic E-state index is 0.226. The number of carbonyl (C=O) groups excluding carboxylic acids is 2. The van der Waals surface area contributed by atoms with E-state index < -0.39 is 0 Å². The molecule has 1 aliphatic carbocycles. The topological polar surface area (TPSA) is 109 Å². The van der Waals surface area contributed by atoms with Gasteiger partial charge in [-0.15, -0.1) is 0 Å². The summed E-state index contributed by atoms with van der Waals surface area (Å²) in [5.74, 6) is 0.644. The van der Waals surface area contributed by atoms with Crippen molar-refractivity contribution in [1.29, 1.82) is 0 Å². The zero-order valence-corrected chi connectivity index (χ0v) is 18.6. The molecule has 158 valence electrons. The lowest BCUT2D eigenvalue weighted by molar-refractivity contribution is 0.0953. The third kappa shape index (κ3) is 4.56. The number of pyridine rings is 2. The number of furan rings is 1. The number of halogens is 1. The number of fused-ring (bicyclic) bond motifs is 1. The minimum Gasteiger partial charge on any atom is -0.455 e. The van der Waals surface area contributed by atoms with E-state index in [0.717, 1.165) is 17.5 Å². The van der Waals surface area contributed by atoms with E-state index in [9.17, 15) is 9.59 Å². The first kappa shape index (κ1) is 20.9. The highest BCUT2D eigenvalue weighted by atomic mass is 79.9. The molecule has 3 aromatic heterocycles. The Hall–Kier alpha value is -3.33. The SMILES string of the molecule is Cc1ccc(NC(=O)c2oc3c(c2C)/C(=N/NC(=O)c2cncc(Br)c2)CCC3)nc1. The number of hydrogen-bond acceptors (Lipinski definition) is 6. The first-order valence-electron chi connectivity index (χ1n) is 9.76. The van der Waals surface area contributed by atoms with Gasteiger partial charge in [0.25, 0.3) is 11.8 Å². The van der Waals surface area contributed by atoms with Gasteiger partial charge in [0.2, 0.25) is 0 Å². The van der Waals surface area contributed by atoms with Crippen molar-refractivity contribution >= 4 is 39.3 Å². The second kappa shape index (κ2) is 8.81. The number of anilines is 1.